The van der Waals surface area contributed by atoms with Crippen LogP contribution in [0.5, 0.6) is 0 Å². The summed E-state index contributed by atoms with van der Waals surface area (Å²) >= 11 is 5.65. The van der Waals surface area contributed by atoms with Crippen LogP contribution in [0.25, 0.3) is 0 Å². The molecule has 1 saturated heterocycles. The van der Waals surface area contributed by atoms with Crippen LogP contribution in [-0.2, 0) is 19.1 Å². The molecular weight excluding hydrogens is 393 g/mol. The highest BCUT2D eigenvalue weighted by molar-refractivity contribution is 6.31. The van der Waals surface area contributed by atoms with E-state index in [2.05, 4.69) is 10.6 Å². The second-order valence-electron chi connectivity index (χ2n) is 6.86. The van der Waals surface area contributed by atoms with Crippen molar-refractivity contribution >= 4 is 41.1 Å². The number of ether oxygens (including phenoxy) is 1. The van der Waals surface area contributed by atoms with Gasteiger partial charge in [-0.2, -0.15) is 0 Å². The third kappa shape index (κ3) is 3.94. The monoisotopic (exact) mass is 411 g/mol. The van der Waals surface area contributed by atoms with Crippen LogP contribution in [0.4, 0.5) is 14.9 Å². The van der Waals surface area contributed by atoms with Crippen LogP contribution in [0.1, 0.15) is 32.6 Å². The molecule has 4 amide bonds. The molecule has 2 fully saturated rings. The zero-order valence-corrected chi connectivity index (χ0v) is 15.8. The first-order valence-corrected chi connectivity index (χ1v) is 9.19. The van der Waals surface area contributed by atoms with E-state index in [0.717, 1.165) is 23.8 Å². The number of nitrogens with zero attached hydrogens (tertiary/aromatic N) is 1. The highest BCUT2D eigenvalue weighted by Crippen LogP contribution is 2.34. The lowest BCUT2D eigenvalue weighted by Crippen LogP contribution is -2.44. The second-order valence-corrected chi connectivity index (χ2v) is 7.27. The van der Waals surface area contributed by atoms with Crippen molar-refractivity contribution in [2.45, 2.75) is 44.2 Å². The number of nitrogens with one attached hydrogen (secondary N) is 2. The van der Waals surface area contributed by atoms with E-state index < -0.39 is 47.8 Å². The van der Waals surface area contributed by atoms with E-state index in [1.807, 2.05) is 0 Å². The molecule has 1 aliphatic carbocycles. The number of carbonyl (C=O) groups excluding carboxylic acids is 4. The number of halogens is 2. The maximum atomic E-state index is 13.2. The van der Waals surface area contributed by atoms with Crippen molar-refractivity contribution < 1.29 is 28.3 Å². The summed E-state index contributed by atoms with van der Waals surface area (Å²) in [5.41, 5.74) is -0.682. The minimum atomic E-state index is -1.20. The van der Waals surface area contributed by atoms with Gasteiger partial charge in [0.2, 0.25) is 0 Å². The van der Waals surface area contributed by atoms with Gasteiger partial charge in [0.25, 0.3) is 11.8 Å². The van der Waals surface area contributed by atoms with Gasteiger partial charge in [-0.05, 0) is 38.0 Å². The van der Waals surface area contributed by atoms with Gasteiger partial charge in [0.1, 0.15) is 17.9 Å². The average molecular weight is 412 g/mol. The Morgan fingerprint density at radius 3 is 2.68 bits per heavy atom. The molecule has 150 valence electrons. The van der Waals surface area contributed by atoms with Crippen LogP contribution >= 0.6 is 11.6 Å². The Morgan fingerprint density at radius 1 is 1.36 bits per heavy atom. The first kappa shape index (κ1) is 20.1. The first-order chi connectivity index (χ1) is 13.2. The molecule has 0 bridgehead atoms. The number of imide groups is 1. The molecule has 0 aromatic heterocycles. The predicted molar refractivity (Wildman–Crippen MR) is 97.0 cm³/mol. The van der Waals surface area contributed by atoms with Gasteiger partial charge in [-0.1, -0.05) is 24.4 Å². The quantitative estimate of drug-likeness (QED) is 0.571. The molecule has 1 aromatic rings. The van der Waals surface area contributed by atoms with Crippen LogP contribution in [-0.4, -0.2) is 46.9 Å². The van der Waals surface area contributed by atoms with E-state index in [9.17, 15) is 23.6 Å². The van der Waals surface area contributed by atoms with Crippen LogP contribution in [0.15, 0.2) is 18.2 Å². The number of rotatable bonds is 5. The Kier molecular flexibility index (Phi) is 5.55. The minimum absolute atomic E-state index is 0.165. The Hall–Kier alpha value is -2.68. The number of amides is 4. The Labute approximate surface area is 165 Å². The van der Waals surface area contributed by atoms with Crippen LogP contribution in [0.3, 0.4) is 0 Å². The Bertz CT molecular complexity index is 841. The van der Waals surface area contributed by atoms with E-state index in [0.29, 0.717) is 12.8 Å². The standard InChI is InChI=1S/C18H19ClFN3O5/c1-10(15(25)21-11-4-5-13(20)12(19)8-11)28-14(24)9-23-16(26)18(22-17(23)27)6-2-3-7-18/h4-5,8,10H,2-3,6-7,9H2,1H3,(H,21,25)(H,22,27)/t10-/m0/s1. The number of urea groups is 1. The third-order valence-electron chi connectivity index (χ3n) is 4.85. The summed E-state index contributed by atoms with van der Waals surface area (Å²) in [6, 6.07) is 2.98. The summed E-state index contributed by atoms with van der Waals surface area (Å²) in [5, 5.41) is 4.93. The summed E-state index contributed by atoms with van der Waals surface area (Å²) in [4.78, 5) is 49.6. The van der Waals surface area contributed by atoms with E-state index in [1.54, 1.807) is 0 Å². The largest absolute Gasteiger partial charge is 0.451 e. The third-order valence-corrected chi connectivity index (χ3v) is 5.14. The van der Waals surface area contributed by atoms with E-state index in [4.69, 9.17) is 16.3 Å². The number of esters is 1. The Balaban J connectivity index is 1.55. The van der Waals surface area contributed by atoms with Crippen molar-refractivity contribution in [3.63, 3.8) is 0 Å². The van der Waals surface area contributed by atoms with Crippen molar-refractivity contribution in [1.82, 2.24) is 10.2 Å². The second kappa shape index (κ2) is 7.75. The molecule has 2 aliphatic rings. The number of carbonyl (C=O) groups is 4. The van der Waals surface area contributed by atoms with Gasteiger partial charge in [0.15, 0.2) is 6.10 Å². The van der Waals surface area contributed by atoms with Gasteiger partial charge in [-0.3, -0.25) is 19.3 Å². The van der Waals surface area contributed by atoms with Gasteiger partial charge in [-0.25, -0.2) is 9.18 Å². The molecule has 8 nitrogen and oxygen atoms in total. The molecule has 1 aliphatic heterocycles. The molecule has 28 heavy (non-hydrogen) atoms. The maximum absolute atomic E-state index is 13.2. The Morgan fingerprint density at radius 2 is 2.04 bits per heavy atom. The molecule has 3 rings (SSSR count). The minimum Gasteiger partial charge on any atom is -0.451 e. The van der Waals surface area contributed by atoms with Gasteiger partial charge in [-0.15, -0.1) is 0 Å². The van der Waals surface area contributed by atoms with Crippen LogP contribution in [0.2, 0.25) is 5.02 Å². The summed E-state index contributed by atoms with van der Waals surface area (Å²) < 4.78 is 18.2. The topological polar surface area (TPSA) is 105 Å². The lowest BCUT2D eigenvalue weighted by molar-refractivity contribution is -0.155. The highest BCUT2D eigenvalue weighted by atomic mass is 35.5. The molecule has 1 heterocycles. The fraction of sp³-hybridized carbons (Fsp3) is 0.444. The molecule has 0 unspecified atom stereocenters. The van der Waals surface area contributed by atoms with Gasteiger partial charge in [0, 0.05) is 5.69 Å². The van der Waals surface area contributed by atoms with Crippen molar-refractivity contribution in [3.8, 4) is 0 Å². The molecule has 1 saturated carbocycles. The normalized spacial score (nSPS) is 18.9. The predicted octanol–water partition coefficient (Wildman–Crippen LogP) is 2.21. The summed E-state index contributed by atoms with van der Waals surface area (Å²) in [5.74, 6) is -2.63. The van der Waals surface area contributed by atoms with Crippen LogP contribution < -0.4 is 10.6 Å². The fourth-order valence-corrected chi connectivity index (χ4v) is 3.55. The first-order valence-electron chi connectivity index (χ1n) is 8.81. The van der Waals surface area contributed by atoms with E-state index >= 15 is 0 Å². The lowest BCUT2D eigenvalue weighted by atomic mass is 9.98. The molecular formula is C18H19ClFN3O5. The summed E-state index contributed by atoms with van der Waals surface area (Å²) in [7, 11) is 0. The molecule has 1 spiro atoms. The molecule has 2 N–H and O–H groups in total. The maximum Gasteiger partial charge on any atom is 0.327 e. The zero-order chi connectivity index (χ0) is 20.5. The number of anilines is 1. The SMILES string of the molecule is C[C@H](OC(=O)CN1C(=O)NC2(CCCC2)C1=O)C(=O)Nc1ccc(F)c(Cl)c1. The highest BCUT2D eigenvalue weighted by Gasteiger charge is 2.52. The number of hydrogen-bond acceptors (Lipinski definition) is 5. The molecule has 10 heteroatoms. The molecule has 1 atom stereocenters. The smallest absolute Gasteiger partial charge is 0.327 e. The molecule has 0 radical (unpaired) electrons. The van der Waals surface area contributed by atoms with Crippen molar-refractivity contribution in [1.29, 1.82) is 0 Å². The fourth-order valence-electron chi connectivity index (χ4n) is 3.37. The van der Waals surface area contributed by atoms with Gasteiger partial charge in [0.05, 0.1) is 5.02 Å². The summed E-state index contributed by atoms with van der Waals surface area (Å²) in [6.07, 6.45) is 1.55. The van der Waals surface area contributed by atoms with Gasteiger partial charge < -0.3 is 15.4 Å². The van der Waals surface area contributed by atoms with Crippen molar-refractivity contribution in [2.75, 3.05) is 11.9 Å². The van der Waals surface area contributed by atoms with E-state index in [1.165, 1.54) is 19.1 Å². The molecule has 1 aromatic carbocycles. The van der Waals surface area contributed by atoms with Crippen LogP contribution in [0, 0.1) is 5.82 Å². The average Bonchev–Trinajstić information content (AvgIpc) is 3.19. The van der Waals surface area contributed by atoms with Crippen molar-refractivity contribution in [2.24, 2.45) is 0 Å². The number of benzene rings is 1. The van der Waals surface area contributed by atoms with Gasteiger partial charge >= 0.3 is 12.0 Å². The van der Waals surface area contributed by atoms with E-state index in [-0.39, 0.29) is 10.7 Å². The lowest BCUT2D eigenvalue weighted by Gasteiger charge is -2.20. The summed E-state index contributed by atoms with van der Waals surface area (Å²) in [6.45, 7) is 0.759. The van der Waals surface area contributed by atoms with Crippen molar-refractivity contribution in [3.05, 3.63) is 29.0 Å². The zero-order valence-electron chi connectivity index (χ0n) is 15.1. The number of hydrogen-bond donors (Lipinski definition) is 2.